The molecule has 0 bridgehead atoms. The third-order valence-corrected chi connectivity index (χ3v) is 3.60. The summed E-state index contributed by atoms with van der Waals surface area (Å²) in [5.41, 5.74) is 1.71. The van der Waals surface area contributed by atoms with Crippen LogP contribution in [-0.4, -0.2) is 31.0 Å². The molecule has 92 valence electrons. The first-order valence-corrected chi connectivity index (χ1v) is 6.56. The summed E-state index contributed by atoms with van der Waals surface area (Å²) in [6.45, 7) is 3.69. The molecule has 1 fully saturated rings. The van der Waals surface area contributed by atoms with Gasteiger partial charge in [-0.2, -0.15) is 0 Å². The average Bonchev–Trinajstić information content (AvgIpc) is 2.80. The maximum Gasteiger partial charge on any atom is 0.257 e. The standard InChI is InChI=1S/C13H16BrNO2/c1-9-7-10(12(17-2)11(14)8-9)13(16)15-5-3-4-6-15/h7-8H,3-6H2,1-2H3. The summed E-state index contributed by atoms with van der Waals surface area (Å²) in [5, 5.41) is 0. The van der Waals surface area contributed by atoms with Crippen molar-refractivity contribution < 1.29 is 9.53 Å². The first-order chi connectivity index (χ1) is 8.13. The summed E-state index contributed by atoms with van der Waals surface area (Å²) in [6.07, 6.45) is 2.20. The number of amides is 1. The predicted molar refractivity (Wildman–Crippen MR) is 70.6 cm³/mol. The van der Waals surface area contributed by atoms with Gasteiger partial charge in [-0.05, 0) is 53.4 Å². The van der Waals surface area contributed by atoms with Crippen molar-refractivity contribution in [2.45, 2.75) is 19.8 Å². The number of hydrogen-bond acceptors (Lipinski definition) is 2. The first-order valence-electron chi connectivity index (χ1n) is 5.77. The van der Waals surface area contributed by atoms with E-state index < -0.39 is 0 Å². The van der Waals surface area contributed by atoms with Gasteiger partial charge in [-0.15, -0.1) is 0 Å². The van der Waals surface area contributed by atoms with E-state index in [0.717, 1.165) is 36.0 Å². The molecule has 4 heteroatoms. The molecule has 1 aliphatic rings. The molecule has 0 unspecified atom stereocenters. The molecule has 0 aromatic heterocycles. The van der Waals surface area contributed by atoms with Crippen LogP contribution in [0.25, 0.3) is 0 Å². The molecule has 1 saturated heterocycles. The lowest BCUT2D eigenvalue weighted by Gasteiger charge is -2.18. The molecule has 0 saturated carbocycles. The average molecular weight is 298 g/mol. The molecule has 1 aromatic rings. The molecule has 1 aliphatic heterocycles. The number of ether oxygens (including phenoxy) is 1. The van der Waals surface area contributed by atoms with Crippen LogP contribution in [0.2, 0.25) is 0 Å². The van der Waals surface area contributed by atoms with Gasteiger partial charge in [-0.1, -0.05) is 0 Å². The molecule has 0 radical (unpaired) electrons. The highest BCUT2D eigenvalue weighted by molar-refractivity contribution is 9.10. The van der Waals surface area contributed by atoms with Crippen LogP contribution >= 0.6 is 15.9 Å². The van der Waals surface area contributed by atoms with Gasteiger partial charge >= 0.3 is 0 Å². The van der Waals surface area contributed by atoms with Gasteiger partial charge in [0.1, 0.15) is 5.75 Å². The van der Waals surface area contributed by atoms with E-state index in [1.54, 1.807) is 7.11 Å². The maximum atomic E-state index is 12.4. The number of nitrogens with zero attached hydrogens (tertiary/aromatic N) is 1. The lowest BCUT2D eigenvalue weighted by atomic mass is 10.1. The minimum absolute atomic E-state index is 0.0729. The number of aryl methyl sites for hydroxylation is 1. The van der Waals surface area contributed by atoms with Crippen molar-refractivity contribution in [1.29, 1.82) is 0 Å². The fraction of sp³-hybridized carbons (Fsp3) is 0.462. The third-order valence-electron chi connectivity index (χ3n) is 3.02. The van der Waals surface area contributed by atoms with Crippen LogP contribution in [0.3, 0.4) is 0 Å². The highest BCUT2D eigenvalue weighted by Gasteiger charge is 2.23. The van der Waals surface area contributed by atoms with E-state index >= 15 is 0 Å². The van der Waals surface area contributed by atoms with Crippen LogP contribution < -0.4 is 4.74 Å². The molecule has 0 aliphatic carbocycles. The summed E-state index contributed by atoms with van der Waals surface area (Å²) in [4.78, 5) is 14.2. The molecule has 17 heavy (non-hydrogen) atoms. The Kier molecular flexibility index (Phi) is 3.72. The number of benzene rings is 1. The van der Waals surface area contributed by atoms with Gasteiger partial charge in [0.25, 0.3) is 5.91 Å². The van der Waals surface area contributed by atoms with Crippen LogP contribution in [0, 0.1) is 6.92 Å². The third kappa shape index (κ3) is 2.46. The van der Waals surface area contributed by atoms with E-state index in [1.807, 2.05) is 24.0 Å². The highest BCUT2D eigenvalue weighted by atomic mass is 79.9. The second-order valence-electron chi connectivity index (χ2n) is 4.33. The Morgan fingerprint density at radius 2 is 2.00 bits per heavy atom. The molecule has 0 spiro atoms. The summed E-state index contributed by atoms with van der Waals surface area (Å²) in [5.74, 6) is 0.705. The van der Waals surface area contributed by atoms with Crippen LogP contribution in [0.15, 0.2) is 16.6 Å². The lowest BCUT2D eigenvalue weighted by molar-refractivity contribution is 0.0789. The molecule has 1 aromatic carbocycles. The topological polar surface area (TPSA) is 29.5 Å². The van der Waals surface area contributed by atoms with Crippen molar-refractivity contribution in [3.05, 3.63) is 27.7 Å². The first kappa shape index (κ1) is 12.4. The molecular formula is C13H16BrNO2. The number of rotatable bonds is 2. The quantitative estimate of drug-likeness (QED) is 0.840. The van der Waals surface area contributed by atoms with E-state index in [1.165, 1.54) is 0 Å². The van der Waals surface area contributed by atoms with Gasteiger partial charge in [0.15, 0.2) is 0 Å². The molecule has 0 N–H and O–H groups in total. The fourth-order valence-electron chi connectivity index (χ4n) is 2.19. The molecule has 1 heterocycles. The van der Waals surface area contributed by atoms with E-state index in [9.17, 15) is 4.79 Å². The number of carbonyl (C=O) groups excluding carboxylic acids is 1. The number of methoxy groups -OCH3 is 1. The largest absolute Gasteiger partial charge is 0.495 e. The van der Waals surface area contributed by atoms with Crippen molar-refractivity contribution in [3.63, 3.8) is 0 Å². The van der Waals surface area contributed by atoms with Crippen LogP contribution in [-0.2, 0) is 0 Å². The van der Waals surface area contributed by atoms with E-state index in [0.29, 0.717) is 11.3 Å². The Hall–Kier alpha value is -1.03. The Morgan fingerprint density at radius 3 is 2.59 bits per heavy atom. The fourth-order valence-corrected chi connectivity index (χ4v) is 2.92. The predicted octanol–water partition coefficient (Wildman–Crippen LogP) is 3.00. The molecule has 0 atom stereocenters. The summed E-state index contributed by atoms with van der Waals surface area (Å²) in [7, 11) is 1.59. The van der Waals surface area contributed by atoms with Gasteiger partial charge in [0, 0.05) is 13.1 Å². The van der Waals surface area contributed by atoms with Gasteiger partial charge < -0.3 is 9.64 Å². The van der Waals surface area contributed by atoms with Crippen molar-refractivity contribution in [2.75, 3.05) is 20.2 Å². The van der Waals surface area contributed by atoms with Crippen LogP contribution in [0.1, 0.15) is 28.8 Å². The van der Waals surface area contributed by atoms with Crippen molar-refractivity contribution in [1.82, 2.24) is 4.90 Å². The number of likely N-dealkylation sites (tertiary alicyclic amines) is 1. The number of halogens is 1. The molecular weight excluding hydrogens is 282 g/mol. The minimum Gasteiger partial charge on any atom is -0.495 e. The molecule has 3 nitrogen and oxygen atoms in total. The Morgan fingerprint density at radius 1 is 1.35 bits per heavy atom. The van der Waals surface area contributed by atoms with E-state index in [2.05, 4.69) is 15.9 Å². The summed E-state index contributed by atoms with van der Waals surface area (Å²) >= 11 is 3.44. The highest BCUT2D eigenvalue weighted by Crippen LogP contribution is 2.31. The molecule has 1 amide bonds. The Bertz CT molecular complexity index is 439. The zero-order valence-electron chi connectivity index (χ0n) is 10.1. The normalized spacial score (nSPS) is 15.1. The monoisotopic (exact) mass is 297 g/mol. The summed E-state index contributed by atoms with van der Waals surface area (Å²) < 4.78 is 6.15. The van der Waals surface area contributed by atoms with Crippen LogP contribution in [0.5, 0.6) is 5.75 Å². The maximum absolute atomic E-state index is 12.4. The number of hydrogen-bond donors (Lipinski definition) is 0. The zero-order valence-corrected chi connectivity index (χ0v) is 11.7. The van der Waals surface area contributed by atoms with Gasteiger partial charge in [-0.3, -0.25) is 4.79 Å². The van der Waals surface area contributed by atoms with Crippen molar-refractivity contribution in [3.8, 4) is 5.75 Å². The number of carbonyl (C=O) groups is 1. The van der Waals surface area contributed by atoms with E-state index in [-0.39, 0.29) is 5.91 Å². The van der Waals surface area contributed by atoms with Crippen molar-refractivity contribution >= 4 is 21.8 Å². The van der Waals surface area contributed by atoms with Gasteiger partial charge in [0.2, 0.25) is 0 Å². The Balaban J connectivity index is 2.39. The SMILES string of the molecule is COc1c(Br)cc(C)cc1C(=O)N1CCCC1. The van der Waals surface area contributed by atoms with Gasteiger partial charge in [0.05, 0.1) is 17.1 Å². The zero-order chi connectivity index (χ0) is 12.4. The van der Waals surface area contributed by atoms with Crippen molar-refractivity contribution in [2.24, 2.45) is 0 Å². The lowest BCUT2D eigenvalue weighted by Crippen LogP contribution is -2.28. The smallest absolute Gasteiger partial charge is 0.257 e. The summed E-state index contributed by atoms with van der Waals surface area (Å²) in [6, 6.07) is 3.85. The second kappa shape index (κ2) is 5.08. The minimum atomic E-state index is 0.0729. The second-order valence-corrected chi connectivity index (χ2v) is 5.18. The Labute approximate surface area is 110 Å². The van der Waals surface area contributed by atoms with E-state index in [4.69, 9.17) is 4.74 Å². The molecule has 2 rings (SSSR count). The van der Waals surface area contributed by atoms with Gasteiger partial charge in [-0.25, -0.2) is 0 Å². The van der Waals surface area contributed by atoms with Crippen LogP contribution in [0.4, 0.5) is 0 Å².